The zero-order valence-corrected chi connectivity index (χ0v) is 12.6. The molecule has 0 aliphatic rings. The second kappa shape index (κ2) is 6.20. The molecule has 0 atom stereocenters. The van der Waals surface area contributed by atoms with Crippen LogP contribution < -0.4 is 5.73 Å². The third kappa shape index (κ3) is 3.37. The van der Waals surface area contributed by atoms with E-state index >= 15 is 0 Å². The normalized spacial score (nSPS) is 10.7. The van der Waals surface area contributed by atoms with Gasteiger partial charge in [0.1, 0.15) is 0 Å². The summed E-state index contributed by atoms with van der Waals surface area (Å²) in [6.07, 6.45) is 0. The van der Waals surface area contributed by atoms with Gasteiger partial charge in [-0.15, -0.1) is 11.8 Å². The fourth-order valence-electron chi connectivity index (χ4n) is 1.80. The summed E-state index contributed by atoms with van der Waals surface area (Å²) in [5, 5.41) is 4.61. The van der Waals surface area contributed by atoms with E-state index in [-0.39, 0.29) is 0 Å². The van der Waals surface area contributed by atoms with Gasteiger partial charge in [0, 0.05) is 21.2 Å². The number of hydrogen-bond acceptors (Lipinski definition) is 5. The molecule has 3 aromatic rings. The minimum absolute atomic E-state index is 0.523. The first-order chi connectivity index (χ1) is 10.2. The van der Waals surface area contributed by atoms with Crippen LogP contribution in [-0.4, -0.2) is 10.1 Å². The largest absolute Gasteiger partial charge is 0.398 e. The summed E-state index contributed by atoms with van der Waals surface area (Å²) in [5.41, 5.74) is 7.47. The molecule has 0 saturated heterocycles. The Hall–Kier alpha value is -1.98. The molecule has 0 fully saturated rings. The second-order valence-corrected chi connectivity index (χ2v) is 5.81. The first-order valence-corrected chi connectivity index (χ1v) is 7.64. The number of nitrogens with two attached hydrogens (primary N) is 1. The second-order valence-electron chi connectivity index (χ2n) is 4.35. The summed E-state index contributed by atoms with van der Waals surface area (Å²) in [7, 11) is 0. The van der Waals surface area contributed by atoms with Crippen LogP contribution in [-0.2, 0) is 5.75 Å². The predicted octanol–water partition coefficient (Wildman–Crippen LogP) is 4.26. The van der Waals surface area contributed by atoms with Gasteiger partial charge in [0.2, 0.25) is 0 Å². The molecule has 1 heterocycles. The van der Waals surface area contributed by atoms with Crippen LogP contribution in [0.1, 0.15) is 5.82 Å². The van der Waals surface area contributed by atoms with Gasteiger partial charge in [-0.05, 0) is 30.3 Å². The highest BCUT2D eigenvalue weighted by atomic mass is 35.5. The van der Waals surface area contributed by atoms with Gasteiger partial charge in [-0.25, -0.2) is 0 Å². The average molecular weight is 318 g/mol. The van der Waals surface area contributed by atoms with E-state index in [0.29, 0.717) is 28.2 Å². The maximum absolute atomic E-state index is 5.91. The average Bonchev–Trinajstić information content (AvgIpc) is 2.96. The van der Waals surface area contributed by atoms with Crippen LogP contribution in [0, 0.1) is 0 Å². The molecule has 6 heteroatoms. The lowest BCUT2D eigenvalue weighted by molar-refractivity contribution is 0.425. The van der Waals surface area contributed by atoms with E-state index in [1.807, 2.05) is 42.5 Å². The lowest BCUT2D eigenvalue weighted by Crippen LogP contribution is -1.90. The van der Waals surface area contributed by atoms with E-state index in [1.165, 1.54) is 0 Å². The van der Waals surface area contributed by atoms with Gasteiger partial charge in [0.15, 0.2) is 5.82 Å². The molecule has 0 unspecified atom stereocenters. The molecule has 0 aliphatic carbocycles. The zero-order chi connectivity index (χ0) is 14.7. The van der Waals surface area contributed by atoms with Crippen molar-refractivity contribution in [2.75, 3.05) is 5.73 Å². The van der Waals surface area contributed by atoms with E-state index in [4.69, 9.17) is 21.9 Å². The van der Waals surface area contributed by atoms with Crippen LogP contribution >= 0.6 is 23.4 Å². The summed E-state index contributed by atoms with van der Waals surface area (Å²) in [5.74, 6) is 1.74. The Morgan fingerprint density at radius 3 is 2.71 bits per heavy atom. The quantitative estimate of drug-likeness (QED) is 0.575. The molecule has 0 spiro atoms. The summed E-state index contributed by atoms with van der Waals surface area (Å²) in [4.78, 5) is 5.33. The zero-order valence-electron chi connectivity index (χ0n) is 11.0. The Morgan fingerprint density at radius 1 is 1.14 bits per heavy atom. The number of aromatic nitrogens is 2. The number of halogens is 1. The molecule has 2 aromatic carbocycles. The molecule has 4 nitrogen and oxygen atoms in total. The molecule has 0 radical (unpaired) electrons. The number of anilines is 1. The van der Waals surface area contributed by atoms with Crippen molar-refractivity contribution in [2.24, 2.45) is 0 Å². The van der Waals surface area contributed by atoms with Crippen LogP contribution in [0.15, 0.2) is 57.9 Å². The standard InChI is InChI=1S/C15H12ClN3OS/c16-11-6-7-13(12(17)8-11)21-9-14-18-15(20-19-14)10-4-2-1-3-5-10/h1-8H,9,17H2. The van der Waals surface area contributed by atoms with Crippen molar-refractivity contribution in [3.05, 3.63) is 59.4 Å². The maximum atomic E-state index is 5.91. The molecule has 0 saturated carbocycles. The molecule has 21 heavy (non-hydrogen) atoms. The Kier molecular flexibility index (Phi) is 4.13. The SMILES string of the molecule is Nc1cc(Cl)ccc1SCc1noc(-c2ccccc2)n1. The van der Waals surface area contributed by atoms with Crippen molar-refractivity contribution in [2.45, 2.75) is 10.6 Å². The molecule has 0 amide bonds. The van der Waals surface area contributed by atoms with Gasteiger partial charge in [-0.3, -0.25) is 0 Å². The predicted molar refractivity (Wildman–Crippen MR) is 85.2 cm³/mol. The van der Waals surface area contributed by atoms with Crippen LogP contribution in [0.5, 0.6) is 0 Å². The van der Waals surface area contributed by atoms with Crippen LogP contribution in [0.2, 0.25) is 5.02 Å². The number of benzene rings is 2. The van der Waals surface area contributed by atoms with Gasteiger partial charge >= 0.3 is 0 Å². The molecular weight excluding hydrogens is 306 g/mol. The lowest BCUT2D eigenvalue weighted by atomic mass is 10.2. The van der Waals surface area contributed by atoms with E-state index in [1.54, 1.807) is 17.8 Å². The molecule has 3 rings (SSSR count). The minimum atomic E-state index is 0.523. The van der Waals surface area contributed by atoms with Crippen molar-refractivity contribution >= 4 is 29.1 Å². The van der Waals surface area contributed by atoms with Crippen LogP contribution in [0.25, 0.3) is 11.5 Å². The highest BCUT2D eigenvalue weighted by Gasteiger charge is 2.09. The number of nitrogens with zero attached hydrogens (tertiary/aromatic N) is 2. The van der Waals surface area contributed by atoms with Crippen molar-refractivity contribution in [1.29, 1.82) is 0 Å². The Balaban J connectivity index is 1.70. The third-order valence-corrected chi connectivity index (χ3v) is 4.14. The van der Waals surface area contributed by atoms with E-state index in [9.17, 15) is 0 Å². The molecule has 106 valence electrons. The summed E-state index contributed by atoms with van der Waals surface area (Å²) >= 11 is 7.43. The summed E-state index contributed by atoms with van der Waals surface area (Å²) in [6.45, 7) is 0. The van der Waals surface area contributed by atoms with Crippen molar-refractivity contribution in [1.82, 2.24) is 10.1 Å². The third-order valence-electron chi connectivity index (χ3n) is 2.82. The van der Waals surface area contributed by atoms with Crippen LogP contribution in [0.4, 0.5) is 5.69 Å². The van der Waals surface area contributed by atoms with Gasteiger partial charge in [0.25, 0.3) is 5.89 Å². The van der Waals surface area contributed by atoms with Gasteiger partial charge in [-0.1, -0.05) is 35.0 Å². The Morgan fingerprint density at radius 2 is 1.95 bits per heavy atom. The van der Waals surface area contributed by atoms with Crippen molar-refractivity contribution < 1.29 is 4.52 Å². The monoisotopic (exact) mass is 317 g/mol. The van der Waals surface area contributed by atoms with E-state index in [0.717, 1.165) is 10.5 Å². The first kappa shape index (κ1) is 14.0. The van der Waals surface area contributed by atoms with Crippen LogP contribution in [0.3, 0.4) is 0 Å². The fourth-order valence-corrected chi connectivity index (χ4v) is 2.78. The van der Waals surface area contributed by atoms with Crippen molar-refractivity contribution in [3.63, 3.8) is 0 Å². The number of nitrogen functional groups attached to an aromatic ring is 1. The van der Waals surface area contributed by atoms with Gasteiger partial charge in [0.05, 0.1) is 5.75 Å². The minimum Gasteiger partial charge on any atom is -0.398 e. The number of thioether (sulfide) groups is 1. The highest BCUT2D eigenvalue weighted by molar-refractivity contribution is 7.98. The number of hydrogen-bond donors (Lipinski definition) is 1. The maximum Gasteiger partial charge on any atom is 0.257 e. The summed E-state index contributed by atoms with van der Waals surface area (Å²) < 4.78 is 5.26. The molecular formula is C15H12ClN3OS. The van der Waals surface area contributed by atoms with Gasteiger partial charge < -0.3 is 10.3 Å². The topological polar surface area (TPSA) is 64.9 Å². The molecule has 0 bridgehead atoms. The highest BCUT2D eigenvalue weighted by Crippen LogP contribution is 2.30. The molecule has 2 N–H and O–H groups in total. The van der Waals surface area contributed by atoms with Gasteiger partial charge in [-0.2, -0.15) is 4.98 Å². The summed E-state index contributed by atoms with van der Waals surface area (Å²) in [6, 6.07) is 15.1. The first-order valence-electron chi connectivity index (χ1n) is 6.28. The smallest absolute Gasteiger partial charge is 0.257 e. The fraction of sp³-hybridized carbons (Fsp3) is 0.0667. The van der Waals surface area contributed by atoms with Crippen molar-refractivity contribution in [3.8, 4) is 11.5 Å². The Bertz CT molecular complexity index is 746. The number of rotatable bonds is 4. The van der Waals surface area contributed by atoms with E-state index < -0.39 is 0 Å². The molecule has 0 aliphatic heterocycles. The lowest BCUT2D eigenvalue weighted by Gasteiger charge is -2.03. The molecule has 1 aromatic heterocycles. The Labute approximate surface area is 131 Å². The van der Waals surface area contributed by atoms with E-state index in [2.05, 4.69) is 10.1 Å².